The summed E-state index contributed by atoms with van der Waals surface area (Å²) in [7, 11) is 0. The highest BCUT2D eigenvalue weighted by atomic mass is 19.4. The van der Waals surface area contributed by atoms with Gasteiger partial charge in [0.15, 0.2) is 5.76 Å². The van der Waals surface area contributed by atoms with Gasteiger partial charge in [-0.3, -0.25) is 4.99 Å². The maximum Gasteiger partial charge on any atom is 0.416 e. The van der Waals surface area contributed by atoms with E-state index in [1.807, 2.05) is 0 Å². The molecule has 22 heavy (non-hydrogen) atoms. The number of fused-ring (bicyclic) bond motifs is 1. The van der Waals surface area contributed by atoms with Crippen LogP contribution in [0.5, 0.6) is 5.75 Å². The standard InChI is InChI=1S/C15H11F3N2O2/c16-15(17,18)8-1-2-10(12(21)7-8)13-14-9(4-6-22-14)11(19)3-5-20-13/h1-4,6-7,21H,5,19H2. The average Bonchev–Trinajstić information content (AvgIpc) is 2.87. The van der Waals surface area contributed by atoms with Gasteiger partial charge in [0.25, 0.3) is 0 Å². The zero-order chi connectivity index (χ0) is 15.9. The van der Waals surface area contributed by atoms with Crippen LogP contribution in [-0.4, -0.2) is 17.4 Å². The van der Waals surface area contributed by atoms with Gasteiger partial charge in [0, 0.05) is 16.8 Å². The molecule has 1 aliphatic rings. The van der Waals surface area contributed by atoms with Crippen molar-refractivity contribution < 1.29 is 22.7 Å². The summed E-state index contributed by atoms with van der Waals surface area (Å²) in [5.41, 5.74) is 6.42. The largest absolute Gasteiger partial charge is 0.507 e. The molecule has 114 valence electrons. The number of furan rings is 1. The first-order chi connectivity index (χ1) is 10.4. The molecule has 4 nitrogen and oxygen atoms in total. The summed E-state index contributed by atoms with van der Waals surface area (Å²) in [4.78, 5) is 4.24. The molecule has 0 amide bonds. The molecular formula is C15H11F3N2O2. The molecule has 0 atom stereocenters. The second kappa shape index (κ2) is 4.94. The van der Waals surface area contributed by atoms with Crippen LogP contribution >= 0.6 is 0 Å². The van der Waals surface area contributed by atoms with Gasteiger partial charge in [-0.1, -0.05) is 0 Å². The Hall–Kier alpha value is -2.70. The Labute approximate surface area is 123 Å². The Morgan fingerprint density at radius 1 is 1.18 bits per heavy atom. The molecule has 7 heteroatoms. The molecule has 0 aliphatic carbocycles. The summed E-state index contributed by atoms with van der Waals surface area (Å²) >= 11 is 0. The maximum atomic E-state index is 12.7. The van der Waals surface area contributed by atoms with Crippen molar-refractivity contribution in [1.82, 2.24) is 0 Å². The molecule has 0 saturated heterocycles. The van der Waals surface area contributed by atoms with Crippen LogP contribution < -0.4 is 5.73 Å². The first-order valence-electron chi connectivity index (χ1n) is 6.37. The highest BCUT2D eigenvalue weighted by Crippen LogP contribution is 2.34. The van der Waals surface area contributed by atoms with Crippen molar-refractivity contribution in [3.05, 3.63) is 59.1 Å². The number of nitrogens with zero attached hydrogens (tertiary/aromatic N) is 1. The van der Waals surface area contributed by atoms with Crippen molar-refractivity contribution in [3.8, 4) is 5.75 Å². The number of alkyl halides is 3. The van der Waals surface area contributed by atoms with Gasteiger partial charge >= 0.3 is 6.18 Å². The number of nitrogens with two attached hydrogens (primary N) is 1. The molecule has 0 unspecified atom stereocenters. The Kier molecular flexibility index (Phi) is 3.20. The number of phenolic OH excluding ortho intramolecular Hbond substituents is 1. The van der Waals surface area contributed by atoms with Crippen LogP contribution in [0.25, 0.3) is 5.70 Å². The summed E-state index contributed by atoms with van der Waals surface area (Å²) in [6.45, 7) is 0.242. The lowest BCUT2D eigenvalue weighted by atomic mass is 10.0. The molecule has 0 fully saturated rings. The van der Waals surface area contributed by atoms with Crippen LogP contribution in [0.15, 0.2) is 46.0 Å². The summed E-state index contributed by atoms with van der Waals surface area (Å²) in [6, 6.07) is 4.37. The van der Waals surface area contributed by atoms with Gasteiger partial charge in [0.2, 0.25) is 0 Å². The first kappa shape index (κ1) is 14.2. The Morgan fingerprint density at radius 3 is 2.64 bits per heavy atom. The minimum absolute atomic E-state index is 0.160. The molecule has 1 aromatic carbocycles. The lowest BCUT2D eigenvalue weighted by molar-refractivity contribution is -0.137. The van der Waals surface area contributed by atoms with E-state index in [2.05, 4.69) is 4.99 Å². The van der Waals surface area contributed by atoms with Crippen molar-refractivity contribution in [1.29, 1.82) is 0 Å². The molecule has 0 spiro atoms. The van der Waals surface area contributed by atoms with E-state index in [9.17, 15) is 18.3 Å². The minimum Gasteiger partial charge on any atom is -0.507 e. The van der Waals surface area contributed by atoms with Crippen LogP contribution in [-0.2, 0) is 6.18 Å². The van der Waals surface area contributed by atoms with Gasteiger partial charge in [0.05, 0.1) is 18.4 Å². The van der Waals surface area contributed by atoms with Gasteiger partial charge in [-0.15, -0.1) is 0 Å². The van der Waals surface area contributed by atoms with E-state index in [-0.39, 0.29) is 17.8 Å². The van der Waals surface area contributed by atoms with E-state index in [0.29, 0.717) is 23.1 Å². The number of rotatable bonds is 1. The summed E-state index contributed by atoms with van der Waals surface area (Å²) < 4.78 is 43.3. The number of phenols is 1. The highest BCUT2D eigenvalue weighted by Gasteiger charge is 2.32. The van der Waals surface area contributed by atoms with Crippen LogP contribution in [0.4, 0.5) is 13.2 Å². The second-order valence-corrected chi connectivity index (χ2v) is 4.74. The molecule has 0 bridgehead atoms. The number of halogens is 3. The second-order valence-electron chi connectivity index (χ2n) is 4.74. The Morgan fingerprint density at radius 2 is 1.95 bits per heavy atom. The number of hydrogen-bond acceptors (Lipinski definition) is 4. The van der Waals surface area contributed by atoms with Gasteiger partial charge in [-0.05, 0) is 30.3 Å². The topological polar surface area (TPSA) is 71.8 Å². The molecule has 3 N–H and O–H groups in total. The lowest BCUT2D eigenvalue weighted by Gasteiger charge is -2.11. The monoisotopic (exact) mass is 308 g/mol. The summed E-state index contributed by atoms with van der Waals surface area (Å²) in [5.74, 6) is -0.197. The van der Waals surface area contributed by atoms with Gasteiger partial charge in [-0.2, -0.15) is 13.2 Å². The molecule has 2 heterocycles. The SMILES string of the molecule is NC1=CCN=C(c2ccc(C(F)(F)F)cc2O)c2occc21. The van der Waals surface area contributed by atoms with E-state index in [4.69, 9.17) is 10.2 Å². The molecular weight excluding hydrogens is 297 g/mol. The maximum absolute atomic E-state index is 12.7. The predicted octanol–water partition coefficient (Wildman–Crippen LogP) is 3.15. The van der Waals surface area contributed by atoms with Crippen molar-refractivity contribution in [2.24, 2.45) is 10.7 Å². The third-order valence-corrected chi connectivity index (χ3v) is 3.33. The molecule has 1 aliphatic heterocycles. The van der Waals surface area contributed by atoms with E-state index in [0.717, 1.165) is 6.07 Å². The van der Waals surface area contributed by atoms with E-state index in [1.165, 1.54) is 12.3 Å². The minimum atomic E-state index is -4.52. The van der Waals surface area contributed by atoms with Crippen molar-refractivity contribution in [2.75, 3.05) is 6.54 Å². The normalized spacial score (nSPS) is 14.9. The van der Waals surface area contributed by atoms with Crippen molar-refractivity contribution in [3.63, 3.8) is 0 Å². The van der Waals surface area contributed by atoms with Crippen LogP contribution in [0.2, 0.25) is 0 Å². The van der Waals surface area contributed by atoms with Gasteiger partial charge < -0.3 is 15.3 Å². The number of aliphatic imine (C=N–C) groups is 1. The Bertz CT molecular complexity index is 788. The lowest BCUT2D eigenvalue weighted by Crippen LogP contribution is -2.09. The fourth-order valence-corrected chi connectivity index (χ4v) is 2.25. The fourth-order valence-electron chi connectivity index (χ4n) is 2.25. The zero-order valence-electron chi connectivity index (χ0n) is 11.2. The molecule has 0 saturated carbocycles. The van der Waals surface area contributed by atoms with Gasteiger partial charge in [0.1, 0.15) is 11.5 Å². The predicted molar refractivity (Wildman–Crippen MR) is 74.5 cm³/mol. The van der Waals surface area contributed by atoms with Crippen molar-refractivity contribution in [2.45, 2.75) is 6.18 Å². The fraction of sp³-hybridized carbons (Fsp3) is 0.133. The summed E-state index contributed by atoms with van der Waals surface area (Å²) in [5, 5.41) is 9.96. The smallest absolute Gasteiger partial charge is 0.416 e. The Balaban J connectivity index is 2.10. The van der Waals surface area contributed by atoms with Crippen LogP contribution in [0.3, 0.4) is 0 Å². The number of hydrogen-bond donors (Lipinski definition) is 2. The first-order valence-corrected chi connectivity index (χ1v) is 6.37. The third kappa shape index (κ3) is 2.34. The van der Waals surface area contributed by atoms with Crippen LogP contribution in [0.1, 0.15) is 22.5 Å². The number of aromatic hydroxyl groups is 1. The van der Waals surface area contributed by atoms with E-state index in [1.54, 1.807) is 12.1 Å². The summed E-state index contributed by atoms with van der Waals surface area (Å²) in [6.07, 6.45) is -1.45. The van der Waals surface area contributed by atoms with E-state index < -0.39 is 17.5 Å². The third-order valence-electron chi connectivity index (χ3n) is 3.33. The zero-order valence-corrected chi connectivity index (χ0v) is 11.2. The highest BCUT2D eigenvalue weighted by molar-refractivity contribution is 6.15. The van der Waals surface area contributed by atoms with E-state index >= 15 is 0 Å². The average molecular weight is 308 g/mol. The van der Waals surface area contributed by atoms with Crippen molar-refractivity contribution >= 4 is 11.4 Å². The number of benzene rings is 1. The van der Waals surface area contributed by atoms with Gasteiger partial charge in [-0.25, -0.2) is 0 Å². The molecule has 3 rings (SSSR count). The molecule has 1 aromatic heterocycles. The van der Waals surface area contributed by atoms with Crippen LogP contribution in [0, 0.1) is 0 Å². The molecule has 2 aromatic rings. The molecule has 0 radical (unpaired) electrons. The quantitative estimate of drug-likeness (QED) is 0.850.